The van der Waals surface area contributed by atoms with Crippen molar-refractivity contribution in [3.8, 4) is 5.75 Å². The number of thiophene rings is 1. The smallest absolute Gasteiger partial charge is 0.142 e. The molecule has 2 aromatic rings. The fourth-order valence-corrected chi connectivity index (χ4v) is 2.91. The highest BCUT2D eigenvalue weighted by molar-refractivity contribution is 7.07. The molecule has 0 amide bonds. The van der Waals surface area contributed by atoms with Gasteiger partial charge in [0.15, 0.2) is 0 Å². The molecule has 1 N–H and O–H groups in total. The molecule has 108 valence electrons. The average Bonchev–Trinajstić information content (AvgIpc) is 2.95. The Morgan fingerprint density at radius 2 is 2.20 bits per heavy atom. The summed E-state index contributed by atoms with van der Waals surface area (Å²) in [5.74, 6) is 0.813. The molecule has 0 fully saturated rings. The van der Waals surface area contributed by atoms with E-state index in [0.29, 0.717) is 11.6 Å². The predicted molar refractivity (Wildman–Crippen MR) is 87.0 cm³/mol. The van der Waals surface area contributed by atoms with Gasteiger partial charge in [-0.2, -0.15) is 11.3 Å². The number of ether oxygens (including phenoxy) is 1. The van der Waals surface area contributed by atoms with Gasteiger partial charge >= 0.3 is 0 Å². The van der Waals surface area contributed by atoms with E-state index in [1.807, 2.05) is 12.1 Å². The van der Waals surface area contributed by atoms with Crippen LogP contribution in [-0.4, -0.2) is 13.2 Å². The first-order chi connectivity index (χ1) is 9.81. The molecule has 4 heteroatoms. The topological polar surface area (TPSA) is 21.3 Å². The maximum absolute atomic E-state index is 6.25. The maximum Gasteiger partial charge on any atom is 0.142 e. The molecular weight excluding hydrogens is 290 g/mol. The molecule has 0 atom stereocenters. The first kappa shape index (κ1) is 15.4. The second-order valence-corrected chi connectivity index (χ2v) is 5.82. The first-order valence-electron chi connectivity index (χ1n) is 6.93. The van der Waals surface area contributed by atoms with Gasteiger partial charge in [-0.25, -0.2) is 0 Å². The lowest BCUT2D eigenvalue weighted by Crippen LogP contribution is -2.15. The van der Waals surface area contributed by atoms with Crippen LogP contribution in [0.4, 0.5) is 0 Å². The minimum Gasteiger partial charge on any atom is -0.491 e. The average molecular weight is 310 g/mol. The molecule has 0 aliphatic carbocycles. The second-order valence-electron chi connectivity index (χ2n) is 4.63. The molecule has 1 aromatic carbocycles. The van der Waals surface area contributed by atoms with Gasteiger partial charge in [-0.05, 0) is 41.4 Å². The molecule has 0 saturated heterocycles. The van der Waals surface area contributed by atoms with Gasteiger partial charge in [0.1, 0.15) is 5.75 Å². The van der Waals surface area contributed by atoms with Gasteiger partial charge in [0.2, 0.25) is 0 Å². The third-order valence-electron chi connectivity index (χ3n) is 3.01. The Bertz CT molecular complexity index is 513. The van der Waals surface area contributed by atoms with Crippen LogP contribution < -0.4 is 10.1 Å². The largest absolute Gasteiger partial charge is 0.491 e. The summed E-state index contributed by atoms with van der Waals surface area (Å²) in [5.41, 5.74) is 2.43. The summed E-state index contributed by atoms with van der Waals surface area (Å²) < 4.78 is 5.90. The molecular formula is C16H20ClNOS. The van der Waals surface area contributed by atoms with Gasteiger partial charge in [-0.15, -0.1) is 0 Å². The Balaban J connectivity index is 1.94. The van der Waals surface area contributed by atoms with Gasteiger partial charge in [0, 0.05) is 18.5 Å². The lowest BCUT2D eigenvalue weighted by atomic mass is 10.2. The highest BCUT2D eigenvalue weighted by Gasteiger charge is 2.08. The SMILES string of the molecule is CCCNCc1cccc(Cl)c1OCCc1ccsc1. The minimum absolute atomic E-state index is 0.654. The Labute approximate surface area is 129 Å². The number of benzene rings is 1. The third-order valence-corrected chi connectivity index (χ3v) is 4.04. The molecule has 0 radical (unpaired) electrons. The van der Waals surface area contributed by atoms with Crippen LogP contribution in [0.3, 0.4) is 0 Å². The molecule has 0 aliphatic heterocycles. The molecule has 2 nitrogen and oxygen atoms in total. The van der Waals surface area contributed by atoms with Crippen molar-refractivity contribution in [1.29, 1.82) is 0 Å². The highest BCUT2D eigenvalue weighted by atomic mass is 35.5. The van der Waals surface area contributed by atoms with Crippen molar-refractivity contribution in [3.63, 3.8) is 0 Å². The number of hydrogen-bond donors (Lipinski definition) is 1. The van der Waals surface area contributed by atoms with Gasteiger partial charge < -0.3 is 10.1 Å². The van der Waals surface area contributed by atoms with E-state index >= 15 is 0 Å². The van der Waals surface area contributed by atoms with Crippen molar-refractivity contribution in [3.05, 3.63) is 51.2 Å². The molecule has 2 rings (SSSR count). The third kappa shape index (κ3) is 4.51. The molecule has 20 heavy (non-hydrogen) atoms. The Kier molecular flexibility index (Phi) is 6.37. The Morgan fingerprint density at radius 3 is 2.95 bits per heavy atom. The summed E-state index contributed by atoms with van der Waals surface area (Å²) in [6.07, 6.45) is 2.03. The van der Waals surface area contributed by atoms with E-state index < -0.39 is 0 Å². The van der Waals surface area contributed by atoms with Crippen LogP contribution in [0.5, 0.6) is 5.75 Å². The van der Waals surface area contributed by atoms with Crippen molar-refractivity contribution in [2.24, 2.45) is 0 Å². The number of rotatable bonds is 8. The monoisotopic (exact) mass is 309 g/mol. The Morgan fingerprint density at radius 1 is 1.30 bits per heavy atom. The molecule has 0 bridgehead atoms. The molecule has 0 aliphatic rings. The molecule has 0 unspecified atom stereocenters. The Hall–Kier alpha value is -1.03. The highest BCUT2D eigenvalue weighted by Crippen LogP contribution is 2.28. The minimum atomic E-state index is 0.654. The first-order valence-corrected chi connectivity index (χ1v) is 8.25. The van der Waals surface area contributed by atoms with Crippen LogP contribution in [0.15, 0.2) is 35.0 Å². The summed E-state index contributed by atoms with van der Waals surface area (Å²) in [6.45, 7) is 4.60. The van der Waals surface area contributed by atoms with Crippen LogP contribution in [-0.2, 0) is 13.0 Å². The van der Waals surface area contributed by atoms with Crippen LogP contribution in [0.25, 0.3) is 0 Å². The van der Waals surface area contributed by atoms with E-state index in [1.54, 1.807) is 11.3 Å². The quantitative estimate of drug-likeness (QED) is 0.724. The van der Waals surface area contributed by atoms with Gasteiger partial charge in [-0.3, -0.25) is 0 Å². The summed E-state index contributed by atoms with van der Waals surface area (Å²) >= 11 is 7.97. The zero-order valence-corrected chi connectivity index (χ0v) is 13.3. The van der Waals surface area contributed by atoms with Crippen LogP contribution >= 0.6 is 22.9 Å². The van der Waals surface area contributed by atoms with Crippen molar-refractivity contribution >= 4 is 22.9 Å². The number of hydrogen-bond acceptors (Lipinski definition) is 3. The fraction of sp³-hybridized carbons (Fsp3) is 0.375. The van der Waals surface area contributed by atoms with E-state index in [1.165, 1.54) is 5.56 Å². The summed E-state index contributed by atoms with van der Waals surface area (Å²) in [4.78, 5) is 0. The maximum atomic E-state index is 6.25. The van der Waals surface area contributed by atoms with E-state index in [4.69, 9.17) is 16.3 Å². The normalized spacial score (nSPS) is 10.7. The second kappa shape index (κ2) is 8.30. The van der Waals surface area contributed by atoms with Crippen molar-refractivity contribution in [2.45, 2.75) is 26.3 Å². The number of para-hydroxylation sites is 1. The van der Waals surface area contributed by atoms with Crippen LogP contribution in [0.1, 0.15) is 24.5 Å². The number of halogens is 1. The summed E-state index contributed by atoms with van der Waals surface area (Å²) in [6, 6.07) is 8.04. The van der Waals surface area contributed by atoms with Gasteiger partial charge in [-0.1, -0.05) is 30.7 Å². The van der Waals surface area contributed by atoms with E-state index in [-0.39, 0.29) is 0 Å². The zero-order chi connectivity index (χ0) is 14.2. The van der Waals surface area contributed by atoms with E-state index in [0.717, 1.165) is 37.2 Å². The van der Waals surface area contributed by atoms with Crippen molar-refractivity contribution in [1.82, 2.24) is 5.32 Å². The summed E-state index contributed by atoms with van der Waals surface area (Å²) in [7, 11) is 0. The van der Waals surface area contributed by atoms with Crippen molar-refractivity contribution in [2.75, 3.05) is 13.2 Å². The van der Waals surface area contributed by atoms with Gasteiger partial charge in [0.25, 0.3) is 0 Å². The van der Waals surface area contributed by atoms with Crippen LogP contribution in [0.2, 0.25) is 5.02 Å². The molecule has 0 spiro atoms. The predicted octanol–water partition coefficient (Wildman–Crippen LogP) is 4.52. The fourth-order valence-electron chi connectivity index (χ4n) is 1.96. The molecule has 1 heterocycles. The molecule has 0 saturated carbocycles. The van der Waals surface area contributed by atoms with Crippen LogP contribution in [0, 0.1) is 0 Å². The van der Waals surface area contributed by atoms with Gasteiger partial charge in [0.05, 0.1) is 11.6 Å². The molecule has 1 aromatic heterocycles. The van der Waals surface area contributed by atoms with Crippen molar-refractivity contribution < 1.29 is 4.74 Å². The van der Waals surface area contributed by atoms with E-state index in [2.05, 4.69) is 35.1 Å². The lowest BCUT2D eigenvalue weighted by molar-refractivity contribution is 0.318. The standard InChI is InChI=1S/C16H20ClNOS/c1-2-8-18-11-14-4-3-5-15(17)16(14)19-9-6-13-7-10-20-12-13/h3-5,7,10,12,18H,2,6,8-9,11H2,1H3. The van der Waals surface area contributed by atoms with E-state index in [9.17, 15) is 0 Å². The zero-order valence-electron chi connectivity index (χ0n) is 11.7. The number of nitrogens with one attached hydrogen (secondary N) is 1. The summed E-state index contributed by atoms with van der Waals surface area (Å²) in [5, 5.41) is 8.31. The lowest BCUT2D eigenvalue weighted by Gasteiger charge is -2.13.